The van der Waals surface area contributed by atoms with Crippen LogP contribution in [0.25, 0.3) is 0 Å². The maximum atomic E-state index is 12.1. The second-order valence-corrected chi connectivity index (χ2v) is 9.74. The highest BCUT2D eigenvalue weighted by atomic mass is 32.1. The van der Waals surface area contributed by atoms with Gasteiger partial charge in [-0.2, -0.15) is 0 Å². The summed E-state index contributed by atoms with van der Waals surface area (Å²) in [6.07, 6.45) is 4.28. The van der Waals surface area contributed by atoms with Gasteiger partial charge in [-0.1, -0.05) is 13.8 Å². The SMILES string of the molecule is Cc1ncsc1CN1C[C@@H]2[C@H](CNC(=O)CCC(C)C)[C@H]3CC[C@]2(C1)O3. The summed E-state index contributed by atoms with van der Waals surface area (Å²) in [5.74, 6) is 1.80. The number of fused-ring (bicyclic) bond motifs is 1. The van der Waals surface area contributed by atoms with Gasteiger partial charge in [0.1, 0.15) is 0 Å². The average molecular weight is 378 g/mol. The van der Waals surface area contributed by atoms with E-state index in [1.165, 1.54) is 11.3 Å². The van der Waals surface area contributed by atoms with Crippen molar-refractivity contribution in [1.29, 1.82) is 0 Å². The van der Waals surface area contributed by atoms with Crippen LogP contribution in [0, 0.1) is 24.7 Å². The van der Waals surface area contributed by atoms with Crippen LogP contribution in [0.3, 0.4) is 0 Å². The van der Waals surface area contributed by atoms with E-state index in [9.17, 15) is 4.79 Å². The fourth-order valence-electron chi connectivity index (χ4n) is 5.10. The van der Waals surface area contributed by atoms with Gasteiger partial charge in [0.25, 0.3) is 0 Å². The Morgan fingerprint density at radius 2 is 2.38 bits per heavy atom. The van der Waals surface area contributed by atoms with Gasteiger partial charge in [0, 0.05) is 49.3 Å². The molecule has 2 bridgehead atoms. The van der Waals surface area contributed by atoms with E-state index in [4.69, 9.17) is 4.74 Å². The number of carbonyl (C=O) groups is 1. The number of aromatic nitrogens is 1. The third-order valence-corrected chi connectivity index (χ3v) is 7.47. The highest BCUT2D eigenvalue weighted by molar-refractivity contribution is 7.09. The van der Waals surface area contributed by atoms with Crippen LogP contribution in [0.2, 0.25) is 0 Å². The van der Waals surface area contributed by atoms with Crippen molar-refractivity contribution in [3.63, 3.8) is 0 Å². The molecule has 4 heterocycles. The minimum atomic E-state index is 0.0383. The minimum absolute atomic E-state index is 0.0383. The van der Waals surface area contributed by atoms with Gasteiger partial charge in [-0.25, -0.2) is 4.98 Å². The van der Waals surface area contributed by atoms with E-state index in [1.54, 1.807) is 11.3 Å². The number of likely N-dealkylation sites (tertiary alicyclic amines) is 1. The van der Waals surface area contributed by atoms with Gasteiger partial charge in [0.2, 0.25) is 5.91 Å². The van der Waals surface area contributed by atoms with Crippen LogP contribution in [-0.2, 0) is 16.1 Å². The van der Waals surface area contributed by atoms with Gasteiger partial charge in [-0.3, -0.25) is 9.69 Å². The van der Waals surface area contributed by atoms with Crippen LogP contribution in [0.1, 0.15) is 50.1 Å². The third kappa shape index (κ3) is 3.43. The highest BCUT2D eigenvalue weighted by Gasteiger charge is 2.62. The summed E-state index contributed by atoms with van der Waals surface area (Å²) >= 11 is 1.75. The van der Waals surface area contributed by atoms with Crippen molar-refractivity contribution < 1.29 is 9.53 Å². The lowest BCUT2D eigenvalue weighted by Gasteiger charge is -2.29. The summed E-state index contributed by atoms with van der Waals surface area (Å²) in [6.45, 7) is 10.3. The van der Waals surface area contributed by atoms with E-state index < -0.39 is 0 Å². The molecule has 0 saturated carbocycles. The predicted octanol–water partition coefficient (Wildman–Crippen LogP) is 2.98. The Hall–Kier alpha value is -0.980. The molecular weight excluding hydrogens is 346 g/mol. The lowest BCUT2D eigenvalue weighted by Crippen LogP contribution is -2.41. The van der Waals surface area contributed by atoms with Crippen LogP contribution in [0.4, 0.5) is 0 Å². The zero-order chi connectivity index (χ0) is 18.3. The number of carbonyl (C=O) groups excluding carboxylic acids is 1. The Morgan fingerprint density at radius 3 is 3.12 bits per heavy atom. The topological polar surface area (TPSA) is 54.5 Å². The molecule has 3 aliphatic rings. The van der Waals surface area contributed by atoms with E-state index >= 15 is 0 Å². The quantitative estimate of drug-likeness (QED) is 0.794. The molecule has 4 atom stereocenters. The van der Waals surface area contributed by atoms with E-state index in [2.05, 4.69) is 36.0 Å². The molecular formula is C20H31N3O2S. The van der Waals surface area contributed by atoms with Crippen LogP contribution in [-0.4, -0.2) is 47.1 Å². The number of hydrogen-bond acceptors (Lipinski definition) is 5. The number of hydrogen-bond donors (Lipinski definition) is 1. The molecule has 3 fully saturated rings. The zero-order valence-corrected chi connectivity index (χ0v) is 17.0. The molecule has 3 aliphatic heterocycles. The van der Waals surface area contributed by atoms with Crippen LogP contribution >= 0.6 is 11.3 Å². The molecule has 26 heavy (non-hydrogen) atoms. The number of nitrogens with one attached hydrogen (secondary N) is 1. The maximum Gasteiger partial charge on any atom is 0.220 e. The van der Waals surface area contributed by atoms with Gasteiger partial charge in [-0.15, -0.1) is 11.3 Å². The highest BCUT2D eigenvalue weighted by Crippen LogP contribution is 2.54. The molecule has 0 aliphatic carbocycles. The Bertz CT molecular complexity index is 661. The average Bonchev–Trinajstić information content (AvgIpc) is 3.32. The molecule has 1 amide bonds. The first-order chi connectivity index (χ1) is 12.5. The number of amides is 1. The predicted molar refractivity (Wildman–Crippen MR) is 103 cm³/mol. The fraction of sp³-hybridized carbons (Fsp3) is 0.800. The van der Waals surface area contributed by atoms with E-state index in [1.807, 2.05) is 5.51 Å². The van der Waals surface area contributed by atoms with Gasteiger partial charge < -0.3 is 10.1 Å². The van der Waals surface area contributed by atoms with Gasteiger partial charge >= 0.3 is 0 Å². The molecule has 6 heteroatoms. The second-order valence-electron chi connectivity index (χ2n) is 8.80. The number of nitrogens with zero attached hydrogens (tertiary/aromatic N) is 2. The molecule has 1 N–H and O–H groups in total. The van der Waals surface area contributed by atoms with Crippen LogP contribution < -0.4 is 5.32 Å². The Balaban J connectivity index is 1.35. The zero-order valence-electron chi connectivity index (χ0n) is 16.2. The first-order valence-electron chi connectivity index (χ1n) is 10.0. The van der Waals surface area contributed by atoms with Crippen molar-refractivity contribution in [1.82, 2.24) is 15.2 Å². The summed E-state index contributed by atoms with van der Waals surface area (Å²) < 4.78 is 6.50. The van der Waals surface area contributed by atoms with E-state index in [0.717, 1.165) is 44.7 Å². The van der Waals surface area contributed by atoms with Gasteiger partial charge in [0.05, 0.1) is 22.9 Å². The number of aryl methyl sites for hydroxylation is 1. The molecule has 1 spiro atoms. The van der Waals surface area contributed by atoms with E-state index in [-0.39, 0.29) is 11.5 Å². The summed E-state index contributed by atoms with van der Waals surface area (Å²) in [5.41, 5.74) is 3.14. The van der Waals surface area contributed by atoms with Crippen LogP contribution in [0.5, 0.6) is 0 Å². The first-order valence-corrected chi connectivity index (χ1v) is 10.9. The van der Waals surface area contributed by atoms with Crippen molar-refractivity contribution in [2.24, 2.45) is 17.8 Å². The van der Waals surface area contributed by atoms with Crippen molar-refractivity contribution in [2.75, 3.05) is 19.6 Å². The van der Waals surface area contributed by atoms with Crippen molar-refractivity contribution in [2.45, 2.75) is 64.7 Å². The van der Waals surface area contributed by atoms with Crippen LogP contribution in [0.15, 0.2) is 5.51 Å². The first kappa shape index (κ1) is 18.4. The number of rotatable bonds is 7. The smallest absolute Gasteiger partial charge is 0.220 e. The second kappa shape index (κ2) is 7.21. The third-order valence-electron chi connectivity index (χ3n) is 6.55. The van der Waals surface area contributed by atoms with Crippen molar-refractivity contribution >= 4 is 17.2 Å². The molecule has 144 valence electrons. The fourth-order valence-corrected chi connectivity index (χ4v) is 5.92. The Kier molecular flexibility index (Phi) is 5.10. The minimum Gasteiger partial charge on any atom is -0.370 e. The molecule has 5 nitrogen and oxygen atoms in total. The summed E-state index contributed by atoms with van der Waals surface area (Å²) in [6, 6.07) is 0. The summed E-state index contributed by atoms with van der Waals surface area (Å²) in [4.78, 5) is 20.4. The largest absolute Gasteiger partial charge is 0.370 e. The maximum absolute atomic E-state index is 12.1. The molecule has 0 unspecified atom stereocenters. The standard InChI is InChI=1S/C20H31N3O2S/c1-13(2)4-5-19(24)21-8-15-16-9-23(10-18-14(3)22-12-26-18)11-20(16)7-6-17(15)25-20/h12-13,15-17H,4-11H2,1-3H3,(H,21,24)/t15-,16+,17+,20+/m0/s1. The Morgan fingerprint density at radius 1 is 1.54 bits per heavy atom. The summed E-state index contributed by atoms with van der Waals surface area (Å²) in [5, 5.41) is 3.20. The number of thiazole rings is 1. The molecule has 3 saturated heterocycles. The normalized spacial score (nSPS) is 33.2. The Labute approximate surface area is 160 Å². The molecule has 0 aromatic carbocycles. The molecule has 1 aromatic rings. The monoisotopic (exact) mass is 377 g/mol. The van der Waals surface area contributed by atoms with Gasteiger partial charge in [-0.05, 0) is 32.1 Å². The lowest BCUT2D eigenvalue weighted by molar-refractivity contribution is -0.121. The summed E-state index contributed by atoms with van der Waals surface area (Å²) in [7, 11) is 0. The van der Waals surface area contributed by atoms with E-state index in [0.29, 0.717) is 30.3 Å². The van der Waals surface area contributed by atoms with Crippen molar-refractivity contribution in [3.8, 4) is 0 Å². The number of ether oxygens (including phenoxy) is 1. The van der Waals surface area contributed by atoms with Crippen molar-refractivity contribution in [3.05, 3.63) is 16.1 Å². The molecule has 4 rings (SSSR count). The molecule has 0 radical (unpaired) electrons. The van der Waals surface area contributed by atoms with Gasteiger partial charge in [0.15, 0.2) is 0 Å². The lowest BCUT2D eigenvalue weighted by atomic mass is 9.73. The molecule has 1 aromatic heterocycles.